The summed E-state index contributed by atoms with van der Waals surface area (Å²) in [6.07, 6.45) is -2.78. The van der Waals surface area contributed by atoms with Crippen molar-refractivity contribution in [3.63, 3.8) is 0 Å². The van der Waals surface area contributed by atoms with Crippen LogP contribution in [0.2, 0.25) is 0 Å². The van der Waals surface area contributed by atoms with Crippen molar-refractivity contribution in [1.29, 1.82) is 0 Å². The van der Waals surface area contributed by atoms with E-state index < -0.39 is 18.5 Å². The molecule has 1 heterocycles. The van der Waals surface area contributed by atoms with Gasteiger partial charge in [0.2, 0.25) is 0 Å². The second-order valence-corrected chi connectivity index (χ2v) is 5.28. The third-order valence-electron chi connectivity index (χ3n) is 3.49. The van der Waals surface area contributed by atoms with Crippen molar-refractivity contribution in [3.8, 4) is 0 Å². The molecule has 1 aromatic carbocycles. The zero-order chi connectivity index (χ0) is 15.8. The molecular weight excluding hydrogens is 288 g/mol. The fraction of sp³-hybridized carbons (Fsp3) is 0.625. The molecule has 1 aromatic rings. The number of methoxy groups -OCH3 is 1. The Morgan fingerprint density at radius 2 is 1.95 bits per heavy atom. The Morgan fingerprint density at radius 1 is 1.18 bits per heavy atom. The Bertz CT molecular complexity index is 412. The Labute approximate surface area is 130 Å². The highest BCUT2D eigenvalue weighted by Crippen LogP contribution is 2.22. The molecule has 0 unspecified atom stereocenters. The second kappa shape index (κ2) is 9.19. The summed E-state index contributed by atoms with van der Waals surface area (Å²) < 4.78 is 21.5. The Hall–Kier alpha value is -1.02. The summed E-state index contributed by atoms with van der Waals surface area (Å²) in [7, 11) is 1.57. The third-order valence-corrected chi connectivity index (χ3v) is 3.49. The minimum atomic E-state index is -1.05. The lowest BCUT2D eigenvalue weighted by atomic mass is 10.0. The molecule has 6 nitrogen and oxygen atoms in total. The van der Waals surface area contributed by atoms with Crippen LogP contribution in [-0.2, 0) is 25.6 Å². The van der Waals surface area contributed by atoms with Crippen molar-refractivity contribution in [2.75, 3.05) is 26.9 Å². The quantitative estimate of drug-likeness (QED) is 0.688. The van der Waals surface area contributed by atoms with E-state index >= 15 is 0 Å². The summed E-state index contributed by atoms with van der Waals surface area (Å²) in [6.45, 7) is 1.51. The van der Waals surface area contributed by atoms with Crippen LogP contribution in [0, 0.1) is 0 Å². The molecule has 6 heteroatoms. The number of benzene rings is 1. The first-order valence-corrected chi connectivity index (χ1v) is 7.44. The molecule has 0 spiro atoms. The monoisotopic (exact) mass is 312 g/mol. The van der Waals surface area contributed by atoms with Gasteiger partial charge >= 0.3 is 0 Å². The van der Waals surface area contributed by atoms with Crippen molar-refractivity contribution in [3.05, 3.63) is 35.9 Å². The summed E-state index contributed by atoms with van der Waals surface area (Å²) in [4.78, 5) is 0. The molecule has 2 rings (SSSR count). The van der Waals surface area contributed by atoms with E-state index in [1.807, 2.05) is 30.3 Å². The van der Waals surface area contributed by atoms with Crippen LogP contribution in [0.3, 0.4) is 0 Å². The van der Waals surface area contributed by atoms with E-state index in [-0.39, 0.29) is 6.10 Å². The van der Waals surface area contributed by atoms with Crippen molar-refractivity contribution >= 4 is 0 Å². The van der Waals surface area contributed by atoms with Gasteiger partial charge in [0.25, 0.3) is 0 Å². The number of aliphatic hydroxyl groups excluding tert-OH is 2. The number of hydrogen-bond donors (Lipinski definition) is 2. The largest absolute Gasteiger partial charge is 0.390 e. The molecule has 2 N–H and O–H groups in total. The highest BCUT2D eigenvalue weighted by Gasteiger charge is 2.37. The average molecular weight is 312 g/mol. The van der Waals surface area contributed by atoms with Crippen LogP contribution < -0.4 is 0 Å². The van der Waals surface area contributed by atoms with Gasteiger partial charge in [-0.3, -0.25) is 0 Å². The van der Waals surface area contributed by atoms with Crippen LogP contribution in [0.1, 0.15) is 12.0 Å². The summed E-state index contributed by atoms with van der Waals surface area (Å²) >= 11 is 0. The van der Waals surface area contributed by atoms with E-state index in [4.69, 9.17) is 18.9 Å². The number of ether oxygens (including phenoxy) is 4. The average Bonchev–Trinajstić information content (AvgIpc) is 2.53. The predicted molar refractivity (Wildman–Crippen MR) is 79.2 cm³/mol. The maximum atomic E-state index is 9.89. The van der Waals surface area contributed by atoms with Gasteiger partial charge in [0.05, 0.1) is 38.6 Å². The molecule has 0 saturated carbocycles. The van der Waals surface area contributed by atoms with Gasteiger partial charge in [-0.2, -0.15) is 0 Å². The maximum Gasteiger partial charge on any atom is 0.186 e. The molecule has 22 heavy (non-hydrogen) atoms. The highest BCUT2D eigenvalue weighted by atomic mass is 16.7. The van der Waals surface area contributed by atoms with Gasteiger partial charge in [-0.05, 0) is 5.56 Å². The zero-order valence-electron chi connectivity index (χ0n) is 12.8. The van der Waals surface area contributed by atoms with E-state index in [0.29, 0.717) is 32.8 Å². The summed E-state index contributed by atoms with van der Waals surface area (Å²) in [5, 5.41) is 19.8. The van der Waals surface area contributed by atoms with Crippen LogP contribution in [0.25, 0.3) is 0 Å². The van der Waals surface area contributed by atoms with Crippen molar-refractivity contribution in [1.82, 2.24) is 0 Å². The smallest absolute Gasteiger partial charge is 0.186 e. The summed E-state index contributed by atoms with van der Waals surface area (Å²) in [5.74, 6) is 0. The topological polar surface area (TPSA) is 77.4 Å². The standard InChI is InChI=1S/C16H24O6/c1-19-7-8-21-16-15(18)14(17)9-13(22-16)11-20-10-12-5-3-2-4-6-12/h2-6,13-18H,7-11H2,1H3/t13-,14-,15-,16-/m0/s1. The molecular formula is C16H24O6. The molecule has 1 fully saturated rings. The van der Waals surface area contributed by atoms with Gasteiger partial charge < -0.3 is 29.2 Å². The molecule has 0 aromatic heterocycles. The second-order valence-electron chi connectivity index (χ2n) is 5.28. The molecule has 1 aliphatic heterocycles. The molecule has 124 valence electrons. The van der Waals surface area contributed by atoms with Crippen molar-refractivity contribution < 1.29 is 29.2 Å². The lowest BCUT2D eigenvalue weighted by molar-refractivity contribution is -0.275. The van der Waals surface area contributed by atoms with Crippen LogP contribution in [-0.4, -0.2) is 61.7 Å². The predicted octanol–water partition coefficient (Wildman–Crippen LogP) is 0.703. The van der Waals surface area contributed by atoms with Gasteiger partial charge in [0, 0.05) is 13.5 Å². The first-order chi connectivity index (χ1) is 10.7. The summed E-state index contributed by atoms with van der Waals surface area (Å²) in [5.41, 5.74) is 1.08. The number of rotatable bonds is 8. The fourth-order valence-electron chi connectivity index (χ4n) is 2.29. The minimum Gasteiger partial charge on any atom is -0.390 e. The van der Waals surface area contributed by atoms with Crippen LogP contribution in [0.5, 0.6) is 0 Å². The number of hydrogen-bond acceptors (Lipinski definition) is 6. The molecule has 0 amide bonds. The van der Waals surface area contributed by atoms with Gasteiger partial charge in [0.1, 0.15) is 6.10 Å². The fourth-order valence-corrected chi connectivity index (χ4v) is 2.29. The van der Waals surface area contributed by atoms with Crippen molar-refractivity contribution in [2.45, 2.75) is 37.6 Å². The first-order valence-electron chi connectivity index (χ1n) is 7.44. The zero-order valence-corrected chi connectivity index (χ0v) is 12.8. The Morgan fingerprint density at radius 3 is 2.68 bits per heavy atom. The molecule has 0 aliphatic carbocycles. The van der Waals surface area contributed by atoms with Gasteiger partial charge in [-0.15, -0.1) is 0 Å². The van der Waals surface area contributed by atoms with Gasteiger partial charge in [-0.25, -0.2) is 0 Å². The van der Waals surface area contributed by atoms with E-state index in [9.17, 15) is 10.2 Å². The normalized spacial score (nSPS) is 28.7. The van der Waals surface area contributed by atoms with Crippen LogP contribution >= 0.6 is 0 Å². The maximum absolute atomic E-state index is 9.89. The lowest BCUT2D eigenvalue weighted by Gasteiger charge is -2.36. The minimum absolute atomic E-state index is 0.294. The molecule has 0 bridgehead atoms. The van der Waals surface area contributed by atoms with E-state index in [1.54, 1.807) is 7.11 Å². The number of aliphatic hydroxyl groups is 2. The molecule has 4 atom stereocenters. The Kier molecular flexibility index (Phi) is 7.24. The SMILES string of the molecule is COCCO[C@H]1O[C@H](COCc2ccccc2)C[C@H](O)[C@@H]1O. The molecule has 0 radical (unpaired) electrons. The first kappa shape index (κ1) is 17.3. The van der Waals surface area contributed by atoms with E-state index in [1.165, 1.54) is 0 Å². The summed E-state index contributed by atoms with van der Waals surface area (Å²) in [6, 6.07) is 9.83. The van der Waals surface area contributed by atoms with Crippen molar-refractivity contribution in [2.24, 2.45) is 0 Å². The van der Waals surface area contributed by atoms with Gasteiger partial charge in [-0.1, -0.05) is 30.3 Å². The molecule has 1 saturated heterocycles. The lowest BCUT2D eigenvalue weighted by Crippen LogP contribution is -2.50. The van der Waals surface area contributed by atoms with E-state index in [0.717, 1.165) is 5.56 Å². The Balaban J connectivity index is 1.75. The van der Waals surface area contributed by atoms with Crippen LogP contribution in [0.15, 0.2) is 30.3 Å². The van der Waals surface area contributed by atoms with E-state index in [2.05, 4.69) is 0 Å². The third kappa shape index (κ3) is 5.31. The van der Waals surface area contributed by atoms with Gasteiger partial charge in [0.15, 0.2) is 6.29 Å². The molecule has 1 aliphatic rings. The van der Waals surface area contributed by atoms with Crippen LogP contribution in [0.4, 0.5) is 0 Å². The highest BCUT2D eigenvalue weighted by molar-refractivity contribution is 5.13.